The van der Waals surface area contributed by atoms with E-state index in [1.807, 2.05) is 12.1 Å². The lowest BCUT2D eigenvalue weighted by molar-refractivity contribution is -0.120. The second-order valence-electron chi connectivity index (χ2n) is 6.38. The van der Waals surface area contributed by atoms with Gasteiger partial charge >= 0.3 is 0 Å². The van der Waals surface area contributed by atoms with Gasteiger partial charge in [-0.3, -0.25) is 4.79 Å². The van der Waals surface area contributed by atoms with Crippen molar-refractivity contribution in [2.24, 2.45) is 5.92 Å². The number of rotatable bonds is 8. The molecule has 0 spiro atoms. The fourth-order valence-electron chi connectivity index (χ4n) is 3.16. The maximum Gasteiger partial charge on any atom is 0.224 e. The molecule has 0 bridgehead atoms. The highest BCUT2D eigenvalue weighted by Gasteiger charge is 2.21. The molecule has 2 unspecified atom stereocenters. The van der Waals surface area contributed by atoms with Crippen LogP contribution < -0.4 is 14.8 Å². The topological polar surface area (TPSA) is 56.8 Å². The number of hydrogen-bond acceptors (Lipinski definition) is 4. The van der Waals surface area contributed by atoms with Gasteiger partial charge in [-0.25, -0.2) is 0 Å². The first-order chi connectivity index (χ1) is 11.6. The molecular weight excluding hydrogens is 306 g/mol. The van der Waals surface area contributed by atoms with Crippen molar-refractivity contribution >= 4 is 5.91 Å². The van der Waals surface area contributed by atoms with E-state index in [-0.39, 0.29) is 12.3 Å². The van der Waals surface area contributed by atoms with Crippen LogP contribution in [0.5, 0.6) is 11.5 Å². The first kappa shape index (κ1) is 18.6. The van der Waals surface area contributed by atoms with Crippen LogP contribution >= 0.6 is 0 Å². The molecule has 5 nitrogen and oxygen atoms in total. The van der Waals surface area contributed by atoms with Gasteiger partial charge in [0.05, 0.1) is 33.4 Å². The van der Waals surface area contributed by atoms with Crippen LogP contribution in [0.1, 0.15) is 38.2 Å². The molecule has 134 valence electrons. The number of carbonyl (C=O) groups is 1. The van der Waals surface area contributed by atoms with Gasteiger partial charge in [0.25, 0.3) is 0 Å². The van der Waals surface area contributed by atoms with Crippen molar-refractivity contribution in [3.63, 3.8) is 0 Å². The molecule has 0 aliphatic heterocycles. The van der Waals surface area contributed by atoms with Crippen LogP contribution in [-0.4, -0.2) is 39.4 Å². The first-order valence-corrected chi connectivity index (χ1v) is 8.73. The highest BCUT2D eigenvalue weighted by molar-refractivity contribution is 5.79. The van der Waals surface area contributed by atoms with Gasteiger partial charge in [-0.2, -0.15) is 0 Å². The van der Waals surface area contributed by atoms with Gasteiger partial charge in [0.15, 0.2) is 0 Å². The fourth-order valence-corrected chi connectivity index (χ4v) is 3.16. The Morgan fingerprint density at radius 2 is 2.00 bits per heavy atom. The molecule has 0 aromatic heterocycles. The monoisotopic (exact) mass is 335 g/mol. The summed E-state index contributed by atoms with van der Waals surface area (Å²) in [7, 11) is 3.20. The minimum Gasteiger partial charge on any atom is -0.497 e. The van der Waals surface area contributed by atoms with Gasteiger partial charge in [-0.05, 0) is 24.8 Å². The van der Waals surface area contributed by atoms with E-state index in [0.717, 1.165) is 12.0 Å². The van der Waals surface area contributed by atoms with Crippen molar-refractivity contribution in [1.82, 2.24) is 5.32 Å². The predicted molar refractivity (Wildman–Crippen MR) is 93.6 cm³/mol. The quantitative estimate of drug-likeness (QED) is 0.742. The molecule has 24 heavy (non-hydrogen) atoms. The van der Waals surface area contributed by atoms with Crippen molar-refractivity contribution in [3.05, 3.63) is 23.8 Å². The van der Waals surface area contributed by atoms with E-state index in [1.54, 1.807) is 20.3 Å². The number of ether oxygens (including phenoxy) is 3. The molecule has 1 aliphatic carbocycles. The van der Waals surface area contributed by atoms with Crippen molar-refractivity contribution in [3.8, 4) is 11.5 Å². The van der Waals surface area contributed by atoms with E-state index in [1.165, 1.54) is 19.3 Å². The molecule has 5 heteroatoms. The number of amides is 1. The fraction of sp³-hybridized carbons (Fsp3) is 0.632. The molecule has 1 aromatic carbocycles. The molecule has 1 N–H and O–H groups in total. The summed E-state index contributed by atoms with van der Waals surface area (Å²) in [5, 5.41) is 2.91. The Bertz CT molecular complexity index is 532. The molecule has 1 amide bonds. The van der Waals surface area contributed by atoms with E-state index in [4.69, 9.17) is 14.2 Å². The Hall–Kier alpha value is -1.75. The Balaban J connectivity index is 1.73. The molecule has 1 saturated carbocycles. The summed E-state index contributed by atoms with van der Waals surface area (Å²) in [6, 6.07) is 5.48. The number of carbonyl (C=O) groups excluding carboxylic acids is 1. The van der Waals surface area contributed by atoms with Gasteiger partial charge in [0, 0.05) is 18.2 Å². The Morgan fingerprint density at radius 3 is 2.71 bits per heavy atom. The zero-order valence-electron chi connectivity index (χ0n) is 15.0. The molecule has 2 rings (SSSR count). The highest BCUT2D eigenvalue weighted by atomic mass is 16.5. The molecule has 0 saturated heterocycles. The number of benzene rings is 1. The largest absolute Gasteiger partial charge is 0.497 e. The second-order valence-corrected chi connectivity index (χ2v) is 6.38. The van der Waals surface area contributed by atoms with Gasteiger partial charge in [-0.15, -0.1) is 0 Å². The van der Waals surface area contributed by atoms with Gasteiger partial charge < -0.3 is 19.5 Å². The van der Waals surface area contributed by atoms with Crippen LogP contribution in [0.3, 0.4) is 0 Å². The van der Waals surface area contributed by atoms with Crippen molar-refractivity contribution in [2.75, 3.05) is 27.4 Å². The molecule has 1 aliphatic rings. The summed E-state index contributed by atoms with van der Waals surface area (Å²) in [5.41, 5.74) is 0.845. The van der Waals surface area contributed by atoms with E-state index in [0.29, 0.717) is 36.7 Å². The van der Waals surface area contributed by atoms with Crippen LogP contribution in [0.25, 0.3) is 0 Å². The van der Waals surface area contributed by atoms with Gasteiger partial charge in [0.2, 0.25) is 5.91 Å². The SMILES string of the molecule is COc1ccc(CC(=O)NCCOC2CCCCC2C)c(OC)c1. The van der Waals surface area contributed by atoms with Gasteiger partial charge in [0.1, 0.15) is 11.5 Å². The van der Waals surface area contributed by atoms with E-state index in [2.05, 4.69) is 12.2 Å². The Labute approximate surface area is 144 Å². The zero-order valence-corrected chi connectivity index (χ0v) is 15.0. The van der Waals surface area contributed by atoms with Crippen molar-refractivity contribution in [1.29, 1.82) is 0 Å². The average molecular weight is 335 g/mol. The summed E-state index contributed by atoms with van der Waals surface area (Å²) in [5.74, 6) is 1.97. The molecule has 1 fully saturated rings. The van der Waals surface area contributed by atoms with Crippen LogP contribution in [0.15, 0.2) is 18.2 Å². The van der Waals surface area contributed by atoms with Crippen LogP contribution in [0.4, 0.5) is 0 Å². The summed E-state index contributed by atoms with van der Waals surface area (Å²) in [4.78, 5) is 12.1. The Kier molecular flexibility index (Phi) is 7.37. The van der Waals surface area contributed by atoms with Crippen LogP contribution in [0.2, 0.25) is 0 Å². The molecule has 2 atom stereocenters. The van der Waals surface area contributed by atoms with Gasteiger partial charge in [-0.1, -0.05) is 25.8 Å². The molecular formula is C19H29NO4. The van der Waals surface area contributed by atoms with E-state index in [9.17, 15) is 4.79 Å². The van der Waals surface area contributed by atoms with Crippen molar-refractivity contribution < 1.29 is 19.0 Å². The minimum atomic E-state index is -0.0289. The number of hydrogen-bond donors (Lipinski definition) is 1. The highest BCUT2D eigenvalue weighted by Crippen LogP contribution is 2.26. The summed E-state index contributed by atoms with van der Waals surface area (Å²) in [6.07, 6.45) is 5.57. The van der Waals surface area contributed by atoms with E-state index >= 15 is 0 Å². The first-order valence-electron chi connectivity index (χ1n) is 8.73. The summed E-state index contributed by atoms with van der Waals surface area (Å²) < 4.78 is 16.4. The maximum atomic E-state index is 12.1. The van der Waals surface area contributed by atoms with Crippen molar-refractivity contribution in [2.45, 2.75) is 45.1 Å². The average Bonchev–Trinajstić information content (AvgIpc) is 2.60. The van der Waals surface area contributed by atoms with E-state index < -0.39 is 0 Å². The second kappa shape index (κ2) is 9.52. The molecule has 1 aromatic rings. The minimum absolute atomic E-state index is 0.0289. The molecule has 0 heterocycles. The smallest absolute Gasteiger partial charge is 0.224 e. The third-order valence-electron chi connectivity index (χ3n) is 4.63. The summed E-state index contributed by atoms with van der Waals surface area (Å²) >= 11 is 0. The van der Waals surface area contributed by atoms with Crippen LogP contribution in [0, 0.1) is 5.92 Å². The lowest BCUT2D eigenvalue weighted by Crippen LogP contribution is -2.32. The number of nitrogens with one attached hydrogen (secondary N) is 1. The predicted octanol–water partition coefficient (Wildman–Crippen LogP) is 2.96. The third-order valence-corrected chi connectivity index (χ3v) is 4.63. The lowest BCUT2D eigenvalue weighted by atomic mass is 9.88. The normalized spacial score (nSPS) is 20.5. The Morgan fingerprint density at radius 1 is 1.21 bits per heavy atom. The van der Waals surface area contributed by atoms with Crippen LogP contribution in [-0.2, 0) is 16.0 Å². The standard InChI is InChI=1S/C19H29NO4/c1-14-6-4-5-7-17(14)24-11-10-20-19(21)12-15-8-9-16(22-2)13-18(15)23-3/h8-9,13-14,17H,4-7,10-12H2,1-3H3,(H,20,21). The summed E-state index contributed by atoms with van der Waals surface area (Å²) in [6.45, 7) is 3.36. The third kappa shape index (κ3) is 5.41. The lowest BCUT2D eigenvalue weighted by Gasteiger charge is -2.28. The maximum absolute atomic E-state index is 12.1. The zero-order chi connectivity index (χ0) is 17.4. The number of methoxy groups -OCH3 is 2. The molecule has 0 radical (unpaired) electrons.